The first kappa shape index (κ1) is 11.0. The Hall–Kier alpha value is -2.12. The van der Waals surface area contributed by atoms with E-state index in [4.69, 9.17) is 5.26 Å². The molecule has 18 heavy (non-hydrogen) atoms. The van der Waals surface area contributed by atoms with E-state index in [0.717, 1.165) is 28.3 Å². The van der Waals surface area contributed by atoms with E-state index in [0.29, 0.717) is 5.56 Å². The Bertz CT molecular complexity index is 732. The van der Waals surface area contributed by atoms with Crippen molar-refractivity contribution in [2.24, 2.45) is 0 Å². The molecule has 0 unspecified atom stereocenters. The molecule has 88 valence electrons. The minimum absolute atomic E-state index is 0.654. The lowest BCUT2D eigenvalue weighted by atomic mass is 10.2. The lowest BCUT2D eigenvalue weighted by Crippen LogP contribution is -1.95. The normalized spacial score (nSPS) is 10.7. The van der Waals surface area contributed by atoms with Crippen LogP contribution in [-0.4, -0.2) is 9.55 Å². The van der Waals surface area contributed by atoms with Gasteiger partial charge in [-0.2, -0.15) is 5.26 Å². The molecule has 0 atom stereocenters. The van der Waals surface area contributed by atoms with Gasteiger partial charge in [-0.1, -0.05) is 6.07 Å². The van der Waals surface area contributed by atoms with Crippen molar-refractivity contribution in [3.8, 4) is 16.8 Å². The molecule has 0 aliphatic rings. The van der Waals surface area contributed by atoms with Crippen LogP contribution in [0.3, 0.4) is 0 Å². The predicted octanol–water partition coefficient (Wildman–Crippen LogP) is 3.66. The highest BCUT2D eigenvalue weighted by atomic mass is 32.1. The highest BCUT2D eigenvalue weighted by molar-refractivity contribution is 7.13. The molecule has 0 aliphatic heterocycles. The van der Waals surface area contributed by atoms with E-state index in [1.165, 1.54) is 0 Å². The zero-order valence-electron chi connectivity index (χ0n) is 9.92. The quantitative estimate of drug-likeness (QED) is 0.699. The van der Waals surface area contributed by atoms with Crippen LogP contribution in [0.1, 0.15) is 12.5 Å². The highest BCUT2D eigenvalue weighted by Gasteiger charge is 2.12. The number of imidazole rings is 1. The molecule has 0 radical (unpaired) electrons. The second-order valence-electron chi connectivity index (χ2n) is 3.97. The van der Waals surface area contributed by atoms with Crippen LogP contribution in [0.4, 0.5) is 0 Å². The van der Waals surface area contributed by atoms with Gasteiger partial charge in [0.1, 0.15) is 0 Å². The molecular formula is C14H11N3S. The van der Waals surface area contributed by atoms with Gasteiger partial charge in [-0.25, -0.2) is 4.98 Å². The van der Waals surface area contributed by atoms with Gasteiger partial charge in [0.2, 0.25) is 0 Å². The second-order valence-corrected chi connectivity index (χ2v) is 4.92. The molecular weight excluding hydrogens is 242 g/mol. The number of hydrogen-bond donors (Lipinski definition) is 0. The zero-order chi connectivity index (χ0) is 12.5. The van der Waals surface area contributed by atoms with Crippen LogP contribution < -0.4 is 0 Å². The van der Waals surface area contributed by atoms with Gasteiger partial charge >= 0.3 is 0 Å². The molecule has 0 saturated carbocycles. The van der Waals surface area contributed by atoms with Crippen LogP contribution in [0.15, 0.2) is 35.7 Å². The fourth-order valence-electron chi connectivity index (χ4n) is 2.11. The van der Waals surface area contributed by atoms with Crippen LogP contribution in [0.25, 0.3) is 21.7 Å². The summed E-state index contributed by atoms with van der Waals surface area (Å²) in [4.78, 5) is 5.82. The van der Waals surface area contributed by atoms with Gasteiger partial charge in [-0.05, 0) is 36.6 Å². The van der Waals surface area contributed by atoms with Gasteiger partial charge in [0.05, 0.1) is 27.5 Å². The third-order valence-electron chi connectivity index (χ3n) is 2.94. The Kier molecular flexibility index (Phi) is 2.62. The largest absolute Gasteiger partial charge is 0.324 e. The molecule has 0 spiro atoms. The van der Waals surface area contributed by atoms with E-state index < -0.39 is 0 Å². The molecule has 3 aromatic rings. The number of nitrogens with zero attached hydrogens (tertiary/aromatic N) is 3. The monoisotopic (exact) mass is 253 g/mol. The van der Waals surface area contributed by atoms with Crippen molar-refractivity contribution < 1.29 is 0 Å². The molecule has 4 heteroatoms. The van der Waals surface area contributed by atoms with Gasteiger partial charge < -0.3 is 4.57 Å². The third kappa shape index (κ3) is 1.60. The fourth-order valence-corrected chi connectivity index (χ4v) is 2.84. The first-order valence-electron chi connectivity index (χ1n) is 5.77. The maximum Gasteiger partial charge on any atom is 0.151 e. The van der Waals surface area contributed by atoms with Crippen molar-refractivity contribution in [2.45, 2.75) is 13.5 Å². The Morgan fingerprint density at radius 3 is 2.94 bits per heavy atom. The molecule has 0 amide bonds. The van der Waals surface area contributed by atoms with E-state index in [9.17, 15) is 0 Å². The van der Waals surface area contributed by atoms with Gasteiger partial charge in [0.15, 0.2) is 5.82 Å². The van der Waals surface area contributed by atoms with Crippen LogP contribution in [-0.2, 0) is 6.54 Å². The van der Waals surface area contributed by atoms with E-state index in [2.05, 4.69) is 34.0 Å². The molecule has 1 aromatic carbocycles. The summed E-state index contributed by atoms with van der Waals surface area (Å²) in [5, 5.41) is 11.0. The smallest absolute Gasteiger partial charge is 0.151 e. The van der Waals surface area contributed by atoms with Crippen molar-refractivity contribution in [3.63, 3.8) is 0 Å². The number of benzene rings is 1. The first-order chi connectivity index (χ1) is 8.83. The topological polar surface area (TPSA) is 41.6 Å². The fraction of sp³-hybridized carbons (Fsp3) is 0.143. The molecule has 3 nitrogen and oxygen atoms in total. The second kappa shape index (κ2) is 4.28. The Morgan fingerprint density at radius 2 is 2.28 bits per heavy atom. The van der Waals surface area contributed by atoms with Gasteiger partial charge in [0, 0.05) is 6.54 Å². The molecule has 2 aromatic heterocycles. The summed E-state index contributed by atoms with van der Waals surface area (Å²) in [7, 11) is 0. The predicted molar refractivity (Wildman–Crippen MR) is 73.4 cm³/mol. The average Bonchev–Trinajstić information content (AvgIpc) is 3.04. The summed E-state index contributed by atoms with van der Waals surface area (Å²) in [6.45, 7) is 2.98. The maximum absolute atomic E-state index is 8.93. The summed E-state index contributed by atoms with van der Waals surface area (Å²) in [5.41, 5.74) is 2.63. The van der Waals surface area contributed by atoms with E-state index >= 15 is 0 Å². The molecule has 0 fully saturated rings. The van der Waals surface area contributed by atoms with Gasteiger partial charge in [-0.15, -0.1) is 11.3 Å². The SMILES string of the molecule is CCn1c(-c2cccs2)nc2cc(C#N)ccc21. The summed E-state index contributed by atoms with van der Waals surface area (Å²) in [6, 6.07) is 11.9. The molecule has 3 rings (SSSR count). The number of thiophene rings is 1. The minimum Gasteiger partial charge on any atom is -0.324 e. The van der Waals surface area contributed by atoms with Crippen LogP contribution in [0.5, 0.6) is 0 Å². The van der Waals surface area contributed by atoms with Crippen molar-refractivity contribution >= 4 is 22.4 Å². The average molecular weight is 253 g/mol. The van der Waals surface area contributed by atoms with Gasteiger partial charge in [-0.3, -0.25) is 0 Å². The minimum atomic E-state index is 0.654. The van der Waals surface area contributed by atoms with Gasteiger partial charge in [0.25, 0.3) is 0 Å². The van der Waals surface area contributed by atoms with E-state index in [1.54, 1.807) is 11.3 Å². The van der Waals surface area contributed by atoms with Crippen molar-refractivity contribution in [1.82, 2.24) is 9.55 Å². The summed E-state index contributed by atoms with van der Waals surface area (Å²) < 4.78 is 2.18. The lowest BCUT2D eigenvalue weighted by Gasteiger charge is -2.03. The third-order valence-corrected chi connectivity index (χ3v) is 3.80. The maximum atomic E-state index is 8.93. The number of aryl methyl sites for hydroxylation is 1. The highest BCUT2D eigenvalue weighted by Crippen LogP contribution is 2.28. The molecule has 0 aliphatic carbocycles. The van der Waals surface area contributed by atoms with Crippen LogP contribution in [0, 0.1) is 11.3 Å². The standard InChI is InChI=1S/C14H11N3S/c1-2-17-12-6-5-10(9-15)8-11(12)16-14(17)13-4-3-7-18-13/h3-8H,2H2,1H3. The number of fused-ring (bicyclic) bond motifs is 1. The summed E-state index contributed by atoms with van der Waals surface area (Å²) in [6.07, 6.45) is 0. The molecule has 2 heterocycles. The lowest BCUT2D eigenvalue weighted by molar-refractivity contribution is 0.798. The molecule has 0 bridgehead atoms. The van der Waals surface area contributed by atoms with Crippen LogP contribution >= 0.6 is 11.3 Å². The first-order valence-corrected chi connectivity index (χ1v) is 6.65. The molecule has 0 N–H and O–H groups in total. The van der Waals surface area contributed by atoms with Crippen LogP contribution in [0.2, 0.25) is 0 Å². The van der Waals surface area contributed by atoms with E-state index in [1.807, 2.05) is 24.3 Å². The number of rotatable bonds is 2. The number of aromatic nitrogens is 2. The summed E-state index contributed by atoms with van der Waals surface area (Å²) >= 11 is 1.68. The van der Waals surface area contributed by atoms with Crippen molar-refractivity contribution in [3.05, 3.63) is 41.3 Å². The molecule has 0 saturated heterocycles. The zero-order valence-corrected chi connectivity index (χ0v) is 10.7. The van der Waals surface area contributed by atoms with E-state index in [-0.39, 0.29) is 0 Å². The number of nitriles is 1. The Labute approximate surface area is 109 Å². The number of hydrogen-bond acceptors (Lipinski definition) is 3. The van der Waals surface area contributed by atoms with Crippen molar-refractivity contribution in [1.29, 1.82) is 5.26 Å². The Balaban J connectivity index is 2.30. The summed E-state index contributed by atoms with van der Waals surface area (Å²) in [5.74, 6) is 0.984. The van der Waals surface area contributed by atoms with Crippen molar-refractivity contribution in [2.75, 3.05) is 0 Å². The Morgan fingerprint density at radius 1 is 1.39 bits per heavy atom.